The molecule has 0 fully saturated rings. The zero-order valence-corrected chi connectivity index (χ0v) is 10.7. The Kier molecular flexibility index (Phi) is 3.64. The van der Waals surface area contributed by atoms with Crippen molar-refractivity contribution in [2.75, 3.05) is 0 Å². The predicted molar refractivity (Wildman–Crippen MR) is 71.1 cm³/mol. The lowest BCUT2D eigenvalue weighted by atomic mass is 10.0. The van der Waals surface area contributed by atoms with Gasteiger partial charge in [0.1, 0.15) is 0 Å². The molecule has 0 radical (unpaired) electrons. The fourth-order valence-corrected chi connectivity index (χ4v) is 2.96. The highest BCUT2D eigenvalue weighted by molar-refractivity contribution is 7.10. The van der Waals surface area contributed by atoms with Crippen molar-refractivity contribution < 1.29 is 0 Å². The molecule has 0 aliphatic carbocycles. The Bertz CT molecular complexity index is 478. The monoisotopic (exact) mass is 251 g/mol. The fourth-order valence-electron chi connectivity index (χ4n) is 1.76. The van der Waals surface area contributed by atoms with Gasteiger partial charge < -0.3 is 5.73 Å². The molecular formula is C13H14ClNS. The van der Waals surface area contributed by atoms with Crippen molar-refractivity contribution in [3.05, 3.63) is 56.7 Å². The van der Waals surface area contributed by atoms with Crippen LogP contribution in [0.5, 0.6) is 0 Å². The van der Waals surface area contributed by atoms with Gasteiger partial charge in [-0.1, -0.05) is 41.4 Å². The molecule has 0 bridgehead atoms. The topological polar surface area (TPSA) is 26.0 Å². The molecule has 2 N–H and O–H groups in total. The Balaban J connectivity index is 2.14. The van der Waals surface area contributed by atoms with Gasteiger partial charge in [0.15, 0.2) is 0 Å². The molecule has 0 aliphatic rings. The second-order valence-corrected chi connectivity index (χ2v) is 5.29. The molecule has 0 aliphatic heterocycles. The minimum absolute atomic E-state index is 0.00528. The molecule has 16 heavy (non-hydrogen) atoms. The predicted octanol–water partition coefficient (Wildman–Crippen LogP) is 3.95. The van der Waals surface area contributed by atoms with E-state index in [1.807, 2.05) is 11.4 Å². The van der Waals surface area contributed by atoms with E-state index in [-0.39, 0.29) is 6.04 Å². The van der Waals surface area contributed by atoms with E-state index >= 15 is 0 Å². The smallest absolute Gasteiger partial charge is 0.0561 e. The van der Waals surface area contributed by atoms with E-state index in [0.717, 1.165) is 16.3 Å². The van der Waals surface area contributed by atoms with Crippen LogP contribution in [0, 0.1) is 6.92 Å². The summed E-state index contributed by atoms with van der Waals surface area (Å²) in [6.45, 7) is 2.09. The summed E-state index contributed by atoms with van der Waals surface area (Å²) in [5.74, 6) is 0. The highest BCUT2D eigenvalue weighted by Crippen LogP contribution is 2.29. The van der Waals surface area contributed by atoms with Crippen molar-refractivity contribution in [2.24, 2.45) is 5.73 Å². The first kappa shape index (κ1) is 11.6. The first-order chi connectivity index (χ1) is 7.66. The maximum absolute atomic E-state index is 6.15. The van der Waals surface area contributed by atoms with Gasteiger partial charge in [-0.3, -0.25) is 0 Å². The van der Waals surface area contributed by atoms with Crippen molar-refractivity contribution in [3.8, 4) is 0 Å². The number of rotatable bonds is 3. The molecule has 0 amide bonds. The van der Waals surface area contributed by atoms with Crippen LogP contribution in [-0.4, -0.2) is 0 Å². The number of aryl methyl sites for hydroxylation is 1. The Morgan fingerprint density at radius 3 is 2.81 bits per heavy atom. The average Bonchev–Trinajstić information content (AvgIpc) is 2.64. The van der Waals surface area contributed by atoms with E-state index in [9.17, 15) is 0 Å². The van der Waals surface area contributed by atoms with Gasteiger partial charge >= 0.3 is 0 Å². The molecule has 0 saturated heterocycles. The van der Waals surface area contributed by atoms with Gasteiger partial charge in [-0.2, -0.15) is 0 Å². The third-order valence-electron chi connectivity index (χ3n) is 2.52. The summed E-state index contributed by atoms with van der Waals surface area (Å²) in [6.07, 6.45) is 0.835. The molecule has 3 heteroatoms. The first-order valence-corrected chi connectivity index (χ1v) is 6.46. The first-order valence-electron chi connectivity index (χ1n) is 5.21. The molecule has 84 valence electrons. The van der Waals surface area contributed by atoms with Crippen molar-refractivity contribution in [1.29, 1.82) is 0 Å². The number of benzene rings is 1. The van der Waals surface area contributed by atoms with Gasteiger partial charge in [-0.25, -0.2) is 0 Å². The minimum atomic E-state index is -0.00528. The zero-order valence-electron chi connectivity index (χ0n) is 9.11. The normalized spacial score (nSPS) is 12.7. The minimum Gasteiger partial charge on any atom is -0.323 e. The van der Waals surface area contributed by atoms with Crippen molar-refractivity contribution in [1.82, 2.24) is 0 Å². The molecule has 1 aromatic carbocycles. The van der Waals surface area contributed by atoms with Crippen LogP contribution in [0.4, 0.5) is 0 Å². The largest absolute Gasteiger partial charge is 0.323 e. The summed E-state index contributed by atoms with van der Waals surface area (Å²) in [6, 6.07) is 10.3. The van der Waals surface area contributed by atoms with E-state index in [1.54, 1.807) is 11.3 Å². The second kappa shape index (κ2) is 5.00. The molecule has 1 unspecified atom stereocenters. The molecular weight excluding hydrogens is 238 g/mol. The van der Waals surface area contributed by atoms with E-state index in [1.165, 1.54) is 11.1 Å². The molecule has 0 spiro atoms. The summed E-state index contributed by atoms with van der Waals surface area (Å²) in [5.41, 5.74) is 8.68. The molecule has 1 atom stereocenters. The van der Waals surface area contributed by atoms with Crippen LogP contribution in [-0.2, 0) is 6.42 Å². The molecule has 0 saturated carbocycles. The van der Waals surface area contributed by atoms with E-state index < -0.39 is 0 Å². The van der Waals surface area contributed by atoms with Gasteiger partial charge in [0.2, 0.25) is 0 Å². The van der Waals surface area contributed by atoms with Crippen LogP contribution in [0.25, 0.3) is 0 Å². The Hall–Kier alpha value is -0.830. The maximum atomic E-state index is 6.15. The number of halogens is 1. The van der Waals surface area contributed by atoms with E-state index in [0.29, 0.717) is 0 Å². The standard InChI is InChI=1S/C13H14ClNS/c1-9-3-2-4-10(7-9)8-12(15)13-11(14)5-6-16-13/h2-7,12H,8,15H2,1H3. The summed E-state index contributed by atoms with van der Waals surface area (Å²) in [7, 11) is 0. The third-order valence-corrected chi connectivity index (χ3v) is 4.01. The van der Waals surface area contributed by atoms with Crippen LogP contribution in [0.3, 0.4) is 0 Å². The number of thiophene rings is 1. The lowest BCUT2D eigenvalue weighted by molar-refractivity contribution is 0.736. The summed E-state index contributed by atoms with van der Waals surface area (Å²) in [5, 5.41) is 2.76. The van der Waals surface area contributed by atoms with E-state index in [4.69, 9.17) is 17.3 Å². The molecule has 2 rings (SSSR count). The van der Waals surface area contributed by atoms with Crippen LogP contribution in [0.2, 0.25) is 5.02 Å². The van der Waals surface area contributed by atoms with Gasteiger partial charge in [0.05, 0.1) is 5.02 Å². The van der Waals surface area contributed by atoms with Crippen molar-refractivity contribution >= 4 is 22.9 Å². The SMILES string of the molecule is Cc1cccc(CC(N)c2sccc2Cl)c1. The quantitative estimate of drug-likeness (QED) is 0.878. The maximum Gasteiger partial charge on any atom is 0.0561 e. The number of hydrogen-bond acceptors (Lipinski definition) is 2. The van der Waals surface area contributed by atoms with Gasteiger partial charge in [-0.15, -0.1) is 11.3 Å². The van der Waals surface area contributed by atoms with Gasteiger partial charge in [0.25, 0.3) is 0 Å². The Morgan fingerprint density at radius 1 is 1.38 bits per heavy atom. The molecule has 1 heterocycles. The lowest BCUT2D eigenvalue weighted by Crippen LogP contribution is -2.12. The van der Waals surface area contributed by atoms with Crippen LogP contribution in [0.1, 0.15) is 22.0 Å². The number of nitrogens with two attached hydrogens (primary N) is 1. The Morgan fingerprint density at radius 2 is 2.19 bits per heavy atom. The second-order valence-electron chi connectivity index (χ2n) is 3.93. The lowest BCUT2D eigenvalue weighted by Gasteiger charge is -2.10. The van der Waals surface area contributed by atoms with Gasteiger partial charge in [0, 0.05) is 10.9 Å². The Labute approximate surface area is 105 Å². The van der Waals surface area contributed by atoms with Gasteiger partial charge in [-0.05, 0) is 30.4 Å². The number of hydrogen-bond donors (Lipinski definition) is 1. The van der Waals surface area contributed by atoms with Crippen molar-refractivity contribution in [3.63, 3.8) is 0 Å². The summed E-state index contributed by atoms with van der Waals surface area (Å²) < 4.78 is 0. The third kappa shape index (κ3) is 2.64. The van der Waals surface area contributed by atoms with E-state index in [2.05, 4.69) is 31.2 Å². The molecule has 1 nitrogen and oxygen atoms in total. The highest BCUT2D eigenvalue weighted by Gasteiger charge is 2.12. The zero-order chi connectivity index (χ0) is 11.5. The summed E-state index contributed by atoms with van der Waals surface area (Å²) >= 11 is 7.69. The highest BCUT2D eigenvalue weighted by atomic mass is 35.5. The van der Waals surface area contributed by atoms with Crippen LogP contribution < -0.4 is 5.73 Å². The van der Waals surface area contributed by atoms with Crippen LogP contribution in [0.15, 0.2) is 35.7 Å². The summed E-state index contributed by atoms with van der Waals surface area (Å²) in [4.78, 5) is 1.07. The molecule has 2 aromatic rings. The molecule has 1 aromatic heterocycles. The van der Waals surface area contributed by atoms with Crippen LogP contribution >= 0.6 is 22.9 Å². The van der Waals surface area contributed by atoms with Crippen molar-refractivity contribution in [2.45, 2.75) is 19.4 Å². The average molecular weight is 252 g/mol. The fraction of sp³-hybridized carbons (Fsp3) is 0.231.